The van der Waals surface area contributed by atoms with Crippen molar-refractivity contribution < 1.29 is 4.79 Å². The summed E-state index contributed by atoms with van der Waals surface area (Å²) in [7, 11) is 0. The number of aromatic nitrogens is 2. The standard InChI is InChI=1S/C16H23N3OS2/c1-4-7-8-19(6-3)14(20)10-21-15-13-9-12(5-2)22-16(13)18-11-17-15/h9,11H,4-8,10H2,1-3H3. The third-order valence-electron chi connectivity index (χ3n) is 3.54. The highest BCUT2D eigenvalue weighted by Gasteiger charge is 2.14. The molecule has 0 aromatic carbocycles. The van der Waals surface area contributed by atoms with E-state index in [0.29, 0.717) is 5.75 Å². The van der Waals surface area contributed by atoms with Crippen LogP contribution >= 0.6 is 23.1 Å². The van der Waals surface area contributed by atoms with Crippen LogP contribution in [0.2, 0.25) is 0 Å². The highest BCUT2D eigenvalue weighted by atomic mass is 32.2. The number of aryl methyl sites for hydroxylation is 1. The summed E-state index contributed by atoms with van der Waals surface area (Å²) in [6.45, 7) is 7.95. The molecule has 0 saturated heterocycles. The molecule has 0 aliphatic rings. The van der Waals surface area contributed by atoms with Crippen molar-refractivity contribution >= 4 is 39.2 Å². The largest absolute Gasteiger partial charge is 0.342 e. The lowest BCUT2D eigenvalue weighted by Gasteiger charge is -2.20. The number of thiophene rings is 1. The molecule has 0 spiro atoms. The van der Waals surface area contributed by atoms with Gasteiger partial charge in [0.15, 0.2) is 0 Å². The van der Waals surface area contributed by atoms with E-state index in [2.05, 4.69) is 29.9 Å². The molecule has 2 rings (SSSR count). The first kappa shape index (κ1) is 17.2. The summed E-state index contributed by atoms with van der Waals surface area (Å²) in [5.74, 6) is 0.639. The molecule has 0 aliphatic carbocycles. The van der Waals surface area contributed by atoms with Gasteiger partial charge in [-0.2, -0.15) is 0 Å². The predicted molar refractivity (Wildman–Crippen MR) is 94.7 cm³/mol. The van der Waals surface area contributed by atoms with Gasteiger partial charge in [0, 0.05) is 23.4 Å². The molecule has 2 heterocycles. The normalized spacial score (nSPS) is 11.0. The molecule has 2 aromatic rings. The molecule has 1 amide bonds. The molecule has 2 aromatic heterocycles. The smallest absolute Gasteiger partial charge is 0.232 e. The lowest BCUT2D eigenvalue weighted by atomic mass is 10.3. The van der Waals surface area contributed by atoms with Gasteiger partial charge in [0.05, 0.1) is 5.75 Å². The number of carbonyl (C=O) groups is 1. The monoisotopic (exact) mass is 337 g/mol. The Morgan fingerprint density at radius 3 is 2.82 bits per heavy atom. The minimum atomic E-state index is 0.193. The topological polar surface area (TPSA) is 46.1 Å². The summed E-state index contributed by atoms with van der Waals surface area (Å²) in [4.78, 5) is 25.3. The number of hydrogen-bond acceptors (Lipinski definition) is 5. The number of hydrogen-bond donors (Lipinski definition) is 0. The maximum Gasteiger partial charge on any atom is 0.232 e. The highest BCUT2D eigenvalue weighted by Crippen LogP contribution is 2.31. The zero-order chi connectivity index (χ0) is 15.9. The van der Waals surface area contributed by atoms with E-state index in [4.69, 9.17) is 0 Å². The van der Waals surface area contributed by atoms with Crippen LogP contribution in [-0.2, 0) is 11.2 Å². The Morgan fingerprint density at radius 1 is 1.32 bits per heavy atom. The number of unbranched alkanes of at least 4 members (excludes halogenated alkanes) is 1. The van der Waals surface area contributed by atoms with Gasteiger partial charge >= 0.3 is 0 Å². The van der Waals surface area contributed by atoms with Crippen LogP contribution in [0.1, 0.15) is 38.5 Å². The van der Waals surface area contributed by atoms with E-state index < -0.39 is 0 Å². The summed E-state index contributed by atoms with van der Waals surface area (Å²) < 4.78 is 0. The maximum absolute atomic E-state index is 12.3. The molecule has 22 heavy (non-hydrogen) atoms. The number of nitrogens with zero attached hydrogens (tertiary/aromatic N) is 3. The van der Waals surface area contributed by atoms with Crippen molar-refractivity contribution in [1.29, 1.82) is 0 Å². The van der Waals surface area contributed by atoms with Crippen LogP contribution in [0.15, 0.2) is 17.4 Å². The van der Waals surface area contributed by atoms with Gasteiger partial charge in [-0.25, -0.2) is 9.97 Å². The zero-order valence-electron chi connectivity index (χ0n) is 13.5. The molecule has 0 bridgehead atoms. The molecular weight excluding hydrogens is 314 g/mol. The van der Waals surface area contributed by atoms with Crippen molar-refractivity contribution in [3.63, 3.8) is 0 Å². The fourth-order valence-corrected chi connectivity index (χ4v) is 4.08. The van der Waals surface area contributed by atoms with Crippen molar-refractivity contribution in [2.75, 3.05) is 18.8 Å². The van der Waals surface area contributed by atoms with Crippen LogP contribution in [0.25, 0.3) is 10.2 Å². The van der Waals surface area contributed by atoms with Crippen molar-refractivity contribution in [2.24, 2.45) is 0 Å². The van der Waals surface area contributed by atoms with E-state index in [-0.39, 0.29) is 5.91 Å². The second-order valence-corrected chi connectivity index (χ2v) is 7.16. The molecule has 0 aliphatic heterocycles. The third kappa shape index (κ3) is 4.20. The number of rotatable bonds is 8. The van der Waals surface area contributed by atoms with E-state index in [0.717, 1.165) is 47.6 Å². The van der Waals surface area contributed by atoms with Crippen molar-refractivity contribution in [3.8, 4) is 0 Å². The summed E-state index contributed by atoms with van der Waals surface area (Å²) in [6.07, 6.45) is 4.77. The van der Waals surface area contributed by atoms with Crippen LogP contribution < -0.4 is 0 Å². The maximum atomic E-state index is 12.3. The second-order valence-electron chi connectivity index (χ2n) is 5.08. The lowest BCUT2D eigenvalue weighted by molar-refractivity contribution is -0.128. The molecule has 0 unspecified atom stereocenters. The van der Waals surface area contributed by atoms with Crippen LogP contribution in [0.5, 0.6) is 0 Å². The zero-order valence-corrected chi connectivity index (χ0v) is 15.1. The summed E-state index contributed by atoms with van der Waals surface area (Å²) in [6, 6.07) is 2.15. The van der Waals surface area contributed by atoms with Gasteiger partial charge in [-0.15, -0.1) is 11.3 Å². The molecule has 0 atom stereocenters. The predicted octanol–water partition coefficient (Wildman–Crippen LogP) is 3.99. The molecule has 0 radical (unpaired) electrons. The molecule has 120 valence electrons. The van der Waals surface area contributed by atoms with Gasteiger partial charge in [-0.05, 0) is 25.8 Å². The van der Waals surface area contributed by atoms with Crippen LogP contribution in [0.3, 0.4) is 0 Å². The fraction of sp³-hybridized carbons (Fsp3) is 0.562. The fourth-order valence-electron chi connectivity index (χ4n) is 2.20. The van der Waals surface area contributed by atoms with Crippen molar-refractivity contribution in [3.05, 3.63) is 17.3 Å². The minimum absolute atomic E-state index is 0.193. The van der Waals surface area contributed by atoms with E-state index in [1.54, 1.807) is 17.7 Å². The SMILES string of the molecule is CCCCN(CC)C(=O)CSc1ncnc2sc(CC)cc12. The number of amides is 1. The first-order valence-corrected chi connectivity index (χ1v) is 9.63. The van der Waals surface area contributed by atoms with E-state index in [1.807, 2.05) is 11.8 Å². The van der Waals surface area contributed by atoms with Gasteiger partial charge in [-0.3, -0.25) is 4.79 Å². The average Bonchev–Trinajstić information content (AvgIpc) is 2.97. The molecular formula is C16H23N3OS2. The average molecular weight is 338 g/mol. The second kappa shape index (κ2) is 8.48. The van der Waals surface area contributed by atoms with Gasteiger partial charge in [0.2, 0.25) is 5.91 Å². The van der Waals surface area contributed by atoms with Crippen LogP contribution in [0, 0.1) is 0 Å². The Labute approximate surface area is 140 Å². The lowest BCUT2D eigenvalue weighted by Crippen LogP contribution is -2.33. The Balaban J connectivity index is 2.04. The Bertz CT molecular complexity index is 627. The summed E-state index contributed by atoms with van der Waals surface area (Å²) in [5.41, 5.74) is 0. The van der Waals surface area contributed by atoms with Gasteiger partial charge < -0.3 is 4.90 Å². The van der Waals surface area contributed by atoms with Crippen LogP contribution in [0.4, 0.5) is 0 Å². The molecule has 0 saturated carbocycles. The van der Waals surface area contributed by atoms with Gasteiger partial charge in [0.25, 0.3) is 0 Å². The summed E-state index contributed by atoms with van der Waals surface area (Å²) in [5, 5.41) is 2.00. The molecule has 0 fully saturated rings. The Morgan fingerprint density at radius 2 is 2.14 bits per heavy atom. The minimum Gasteiger partial charge on any atom is -0.342 e. The van der Waals surface area contributed by atoms with Crippen LogP contribution in [-0.4, -0.2) is 39.6 Å². The number of thioether (sulfide) groups is 1. The van der Waals surface area contributed by atoms with E-state index in [1.165, 1.54) is 16.6 Å². The van der Waals surface area contributed by atoms with E-state index in [9.17, 15) is 4.79 Å². The van der Waals surface area contributed by atoms with Gasteiger partial charge in [-0.1, -0.05) is 32.0 Å². The third-order valence-corrected chi connectivity index (χ3v) is 5.72. The van der Waals surface area contributed by atoms with Crippen molar-refractivity contribution in [2.45, 2.75) is 45.1 Å². The first-order chi connectivity index (χ1) is 10.7. The van der Waals surface area contributed by atoms with E-state index >= 15 is 0 Å². The Hall–Kier alpha value is -1.14. The van der Waals surface area contributed by atoms with Gasteiger partial charge in [0.1, 0.15) is 16.2 Å². The first-order valence-electron chi connectivity index (χ1n) is 7.83. The molecule has 0 N–H and O–H groups in total. The number of fused-ring (bicyclic) bond motifs is 1. The highest BCUT2D eigenvalue weighted by molar-refractivity contribution is 8.00. The molecule has 4 nitrogen and oxygen atoms in total. The Kier molecular flexibility index (Phi) is 6.64. The number of carbonyl (C=O) groups excluding carboxylic acids is 1. The van der Waals surface area contributed by atoms with Crippen molar-refractivity contribution in [1.82, 2.24) is 14.9 Å². The molecule has 6 heteroatoms. The quantitative estimate of drug-likeness (QED) is 0.540. The summed E-state index contributed by atoms with van der Waals surface area (Å²) >= 11 is 3.23.